The Bertz CT molecular complexity index is 112. The third-order valence-electron chi connectivity index (χ3n) is 2.87. The summed E-state index contributed by atoms with van der Waals surface area (Å²) in [6.45, 7) is 4.71. The fraction of sp³-hybridized carbons (Fsp3) is 1.00. The van der Waals surface area contributed by atoms with Crippen molar-refractivity contribution < 1.29 is 0 Å². The number of fused-ring (bicyclic) bond motifs is 1. The van der Waals surface area contributed by atoms with Gasteiger partial charge in [0, 0.05) is 18.6 Å². The second-order valence-electron chi connectivity index (χ2n) is 3.53. The van der Waals surface area contributed by atoms with E-state index in [0.717, 1.165) is 18.0 Å². The highest BCUT2D eigenvalue weighted by Gasteiger charge is 2.35. The standard InChI is InChI=1S/C8H16N2/c1-2-7-3-6-4-9-5-8(6)10-7/h6-10H,2-5H2,1H3/t6-,7+,8+/m1/s1. The fourth-order valence-corrected chi connectivity index (χ4v) is 2.20. The van der Waals surface area contributed by atoms with E-state index in [1.54, 1.807) is 0 Å². The average Bonchev–Trinajstić information content (AvgIpc) is 2.42. The third-order valence-corrected chi connectivity index (χ3v) is 2.87. The molecule has 10 heavy (non-hydrogen) atoms. The molecule has 0 amide bonds. The minimum atomic E-state index is 0.796. The van der Waals surface area contributed by atoms with E-state index in [1.165, 1.54) is 25.9 Å². The summed E-state index contributed by atoms with van der Waals surface area (Å²) in [6, 6.07) is 1.61. The highest BCUT2D eigenvalue weighted by Crippen LogP contribution is 2.24. The van der Waals surface area contributed by atoms with Crippen molar-refractivity contribution in [2.75, 3.05) is 13.1 Å². The van der Waals surface area contributed by atoms with Crippen molar-refractivity contribution in [3.8, 4) is 0 Å². The van der Waals surface area contributed by atoms with E-state index in [2.05, 4.69) is 17.6 Å². The van der Waals surface area contributed by atoms with E-state index in [0.29, 0.717) is 0 Å². The minimum absolute atomic E-state index is 0.796. The van der Waals surface area contributed by atoms with Gasteiger partial charge in [0.15, 0.2) is 0 Å². The highest BCUT2D eigenvalue weighted by molar-refractivity contribution is 4.96. The molecule has 2 nitrogen and oxygen atoms in total. The Balaban J connectivity index is 1.94. The Morgan fingerprint density at radius 1 is 1.40 bits per heavy atom. The predicted octanol–water partition coefficient (Wildman–Crippen LogP) is 0.346. The van der Waals surface area contributed by atoms with Crippen LogP contribution in [0.25, 0.3) is 0 Å². The normalized spacial score (nSPS) is 45.9. The van der Waals surface area contributed by atoms with Crippen LogP contribution in [-0.2, 0) is 0 Å². The zero-order valence-corrected chi connectivity index (χ0v) is 6.56. The summed E-state index contributed by atoms with van der Waals surface area (Å²) in [5, 5.41) is 7.05. The minimum Gasteiger partial charge on any atom is -0.315 e. The van der Waals surface area contributed by atoms with Gasteiger partial charge in [-0.15, -0.1) is 0 Å². The average molecular weight is 140 g/mol. The molecular formula is C8H16N2. The Morgan fingerprint density at radius 3 is 3.00 bits per heavy atom. The lowest BCUT2D eigenvalue weighted by Crippen LogP contribution is -2.33. The molecule has 0 saturated carbocycles. The van der Waals surface area contributed by atoms with Crippen LogP contribution in [0, 0.1) is 5.92 Å². The van der Waals surface area contributed by atoms with E-state index in [9.17, 15) is 0 Å². The van der Waals surface area contributed by atoms with Crippen LogP contribution in [0.1, 0.15) is 19.8 Å². The molecule has 2 aliphatic heterocycles. The summed E-state index contributed by atoms with van der Waals surface area (Å²) in [7, 11) is 0. The van der Waals surface area contributed by atoms with Crippen LogP contribution in [0.4, 0.5) is 0 Å². The first-order valence-corrected chi connectivity index (χ1v) is 4.37. The van der Waals surface area contributed by atoms with Gasteiger partial charge in [-0.3, -0.25) is 0 Å². The molecule has 0 spiro atoms. The summed E-state index contributed by atoms with van der Waals surface area (Å²) < 4.78 is 0. The molecule has 2 rings (SSSR count). The third kappa shape index (κ3) is 0.956. The molecule has 0 bridgehead atoms. The van der Waals surface area contributed by atoms with Crippen molar-refractivity contribution in [1.82, 2.24) is 10.6 Å². The molecule has 0 radical (unpaired) electrons. The maximum Gasteiger partial charge on any atom is 0.0235 e. The molecule has 0 aliphatic carbocycles. The van der Waals surface area contributed by atoms with Crippen LogP contribution in [0.15, 0.2) is 0 Å². The molecule has 0 unspecified atom stereocenters. The largest absolute Gasteiger partial charge is 0.315 e. The predicted molar refractivity (Wildman–Crippen MR) is 42.0 cm³/mol. The monoisotopic (exact) mass is 140 g/mol. The van der Waals surface area contributed by atoms with E-state index in [1.807, 2.05) is 0 Å². The lowest BCUT2D eigenvalue weighted by Gasteiger charge is -2.09. The fourth-order valence-electron chi connectivity index (χ4n) is 2.20. The molecule has 2 fully saturated rings. The van der Waals surface area contributed by atoms with Crippen LogP contribution < -0.4 is 10.6 Å². The smallest absolute Gasteiger partial charge is 0.0235 e. The first kappa shape index (κ1) is 6.62. The molecule has 2 N–H and O–H groups in total. The van der Waals surface area contributed by atoms with Crippen LogP contribution in [0.2, 0.25) is 0 Å². The van der Waals surface area contributed by atoms with Crippen molar-refractivity contribution in [3.05, 3.63) is 0 Å². The van der Waals surface area contributed by atoms with E-state index in [-0.39, 0.29) is 0 Å². The lowest BCUT2D eigenvalue weighted by molar-refractivity contribution is 0.525. The zero-order valence-electron chi connectivity index (χ0n) is 6.56. The van der Waals surface area contributed by atoms with Crippen molar-refractivity contribution in [3.63, 3.8) is 0 Å². The molecule has 2 aliphatic rings. The van der Waals surface area contributed by atoms with Gasteiger partial charge in [0.1, 0.15) is 0 Å². The van der Waals surface area contributed by atoms with Gasteiger partial charge < -0.3 is 10.6 Å². The summed E-state index contributed by atoms with van der Waals surface area (Å²) in [6.07, 6.45) is 2.70. The van der Waals surface area contributed by atoms with Crippen molar-refractivity contribution >= 4 is 0 Å². The van der Waals surface area contributed by atoms with Crippen LogP contribution in [0.5, 0.6) is 0 Å². The lowest BCUT2D eigenvalue weighted by atomic mass is 10.0. The van der Waals surface area contributed by atoms with Crippen LogP contribution >= 0.6 is 0 Å². The molecule has 58 valence electrons. The summed E-state index contributed by atoms with van der Waals surface area (Å²) in [4.78, 5) is 0. The van der Waals surface area contributed by atoms with Gasteiger partial charge in [-0.1, -0.05) is 6.92 Å². The molecule has 2 saturated heterocycles. The van der Waals surface area contributed by atoms with Crippen molar-refractivity contribution in [2.24, 2.45) is 5.92 Å². The summed E-state index contributed by atoms with van der Waals surface area (Å²) in [5.74, 6) is 0.935. The number of nitrogens with one attached hydrogen (secondary N) is 2. The maximum atomic E-state index is 3.64. The highest BCUT2D eigenvalue weighted by atomic mass is 15.1. The van der Waals surface area contributed by atoms with Gasteiger partial charge in [0.05, 0.1) is 0 Å². The quantitative estimate of drug-likeness (QED) is 0.549. The molecule has 2 heterocycles. The van der Waals surface area contributed by atoms with E-state index in [4.69, 9.17) is 0 Å². The second kappa shape index (κ2) is 2.51. The van der Waals surface area contributed by atoms with Gasteiger partial charge >= 0.3 is 0 Å². The molecule has 0 aromatic rings. The van der Waals surface area contributed by atoms with Gasteiger partial charge in [0.25, 0.3) is 0 Å². The molecular weight excluding hydrogens is 124 g/mol. The van der Waals surface area contributed by atoms with Crippen molar-refractivity contribution in [2.45, 2.75) is 31.8 Å². The Labute approximate surface area is 62.4 Å². The molecule has 0 aromatic heterocycles. The summed E-state index contributed by atoms with van der Waals surface area (Å²) in [5.41, 5.74) is 0. The Kier molecular flexibility index (Phi) is 1.66. The second-order valence-corrected chi connectivity index (χ2v) is 3.53. The number of hydrogen-bond donors (Lipinski definition) is 2. The van der Waals surface area contributed by atoms with Crippen LogP contribution in [-0.4, -0.2) is 25.2 Å². The Morgan fingerprint density at radius 2 is 2.30 bits per heavy atom. The Hall–Kier alpha value is -0.0800. The van der Waals surface area contributed by atoms with E-state index >= 15 is 0 Å². The molecule has 0 aromatic carbocycles. The van der Waals surface area contributed by atoms with Gasteiger partial charge in [-0.2, -0.15) is 0 Å². The maximum absolute atomic E-state index is 3.64. The number of hydrogen-bond acceptors (Lipinski definition) is 2. The topological polar surface area (TPSA) is 24.1 Å². The summed E-state index contributed by atoms with van der Waals surface area (Å²) >= 11 is 0. The zero-order chi connectivity index (χ0) is 6.97. The van der Waals surface area contributed by atoms with Gasteiger partial charge in [-0.25, -0.2) is 0 Å². The number of rotatable bonds is 1. The first-order valence-electron chi connectivity index (χ1n) is 4.37. The molecule has 3 atom stereocenters. The SMILES string of the molecule is CC[C@H]1C[C@@H]2CNC[C@@H]2N1. The van der Waals surface area contributed by atoms with Gasteiger partial charge in [-0.05, 0) is 25.3 Å². The first-order chi connectivity index (χ1) is 4.90. The van der Waals surface area contributed by atoms with Crippen LogP contribution in [0.3, 0.4) is 0 Å². The molecule has 2 heteroatoms. The van der Waals surface area contributed by atoms with Crippen molar-refractivity contribution in [1.29, 1.82) is 0 Å². The van der Waals surface area contributed by atoms with Gasteiger partial charge in [0.2, 0.25) is 0 Å². The van der Waals surface area contributed by atoms with E-state index < -0.39 is 0 Å².